The molecule has 1 saturated carbocycles. The number of hydrogen-bond acceptors (Lipinski definition) is 4. The Labute approximate surface area is 213 Å². The maximum absolute atomic E-state index is 13.6. The van der Waals surface area contributed by atoms with E-state index in [1.54, 1.807) is 31.2 Å². The van der Waals surface area contributed by atoms with E-state index in [4.69, 9.17) is 0 Å². The molecule has 36 heavy (non-hydrogen) atoms. The number of nitrogens with zero attached hydrogens (tertiary/aromatic N) is 2. The summed E-state index contributed by atoms with van der Waals surface area (Å²) in [5.74, 6) is -1.20. The summed E-state index contributed by atoms with van der Waals surface area (Å²) in [6.45, 7) is 3.23. The molecule has 1 fully saturated rings. The third-order valence-electron chi connectivity index (χ3n) is 6.70. The van der Waals surface area contributed by atoms with Crippen molar-refractivity contribution in [3.63, 3.8) is 0 Å². The number of carbonyl (C=O) groups excluding carboxylic acids is 2. The largest absolute Gasteiger partial charge is 0.352 e. The zero-order valence-corrected chi connectivity index (χ0v) is 22.1. The maximum atomic E-state index is 13.6. The first kappa shape index (κ1) is 27.6. The minimum absolute atomic E-state index is 0.0464. The molecule has 0 unspecified atom stereocenters. The standard InChI is InChI=1S/C27H36FN3O4S/c1-4-21-12-16-25(17-13-21)31(36(3,34)35)19-26(32)30(18-22-10-14-23(28)15-11-22)20(2)27(33)29-24-8-6-5-7-9-24/h10-17,20,24H,4-9,18-19H2,1-3H3,(H,29,33)/t20-/m1/s1. The Hall–Kier alpha value is -2.94. The monoisotopic (exact) mass is 517 g/mol. The molecule has 0 spiro atoms. The maximum Gasteiger partial charge on any atom is 0.244 e. The summed E-state index contributed by atoms with van der Waals surface area (Å²) in [6, 6.07) is 11.9. The molecule has 0 bridgehead atoms. The lowest BCUT2D eigenvalue weighted by Crippen LogP contribution is -2.52. The van der Waals surface area contributed by atoms with Gasteiger partial charge in [-0.05, 0) is 61.6 Å². The molecule has 7 nitrogen and oxygen atoms in total. The van der Waals surface area contributed by atoms with Crippen LogP contribution in [0.4, 0.5) is 10.1 Å². The fourth-order valence-corrected chi connectivity index (χ4v) is 5.30. The molecule has 2 aromatic rings. The number of amides is 2. The van der Waals surface area contributed by atoms with Crippen LogP contribution in [-0.2, 0) is 32.6 Å². The van der Waals surface area contributed by atoms with Crippen molar-refractivity contribution in [2.75, 3.05) is 17.1 Å². The van der Waals surface area contributed by atoms with E-state index in [2.05, 4.69) is 5.32 Å². The number of rotatable bonds is 10. The summed E-state index contributed by atoms with van der Waals surface area (Å²) < 4.78 is 39.8. The lowest BCUT2D eigenvalue weighted by atomic mass is 9.95. The SMILES string of the molecule is CCc1ccc(N(CC(=O)N(Cc2ccc(F)cc2)[C@H](C)C(=O)NC2CCCCC2)S(C)(=O)=O)cc1. The summed E-state index contributed by atoms with van der Waals surface area (Å²) in [5.41, 5.74) is 2.06. The van der Waals surface area contributed by atoms with Crippen molar-refractivity contribution in [3.8, 4) is 0 Å². The molecule has 1 aliphatic carbocycles. The highest BCUT2D eigenvalue weighted by Crippen LogP contribution is 2.21. The van der Waals surface area contributed by atoms with E-state index < -0.39 is 34.3 Å². The molecule has 0 aliphatic heterocycles. The molecule has 9 heteroatoms. The molecule has 0 saturated heterocycles. The van der Waals surface area contributed by atoms with Gasteiger partial charge in [-0.15, -0.1) is 0 Å². The summed E-state index contributed by atoms with van der Waals surface area (Å²) in [6.07, 6.45) is 6.92. The van der Waals surface area contributed by atoms with Crippen molar-refractivity contribution in [1.29, 1.82) is 0 Å². The van der Waals surface area contributed by atoms with Gasteiger partial charge in [0.05, 0.1) is 11.9 Å². The van der Waals surface area contributed by atoms with Gasteiger partial charge in [0, 0.05) is 12.6 Å². The van der Waals surface area contributed by atoms with Crippen LogP contribution in [0.2, 0.25) is 0 Å². The van der Waals surface area contributed by atoms with Crippen molar-refractivity contribution >= 4 is 27.5 Å². The van der Waals surface area contributed by atoms with Crippen LogP contribution in [0.15, 0.2) is 48.5 Å². The number of sulfonamides is 1. The second-order valence-corrected chi connectivity index (χ2v) is 11.4. The van der Waals surface area contributed by atoms with Gasteiger partial charge in [0.25, 0.3) is 0 Å². The molecule has 2 aromatic carbocycles. The quantitative estimate of drug-likeness (QED) is 0.516. The van der Waals surface area contributed by atoms with E-state index in [1.807, 2.05) is 19.1 Å². The second kappa shape index (κ2) is 12.3. The van der Waals surface area contributed by atoms with Crippen molar-refractivity contribution < 1.29 is 22.4 Å². The minimum atomic E-state index is -3.78. The van der Waals surface area contributed by atoms with Gasteiger partial charge in [-0.3, -0.25) is 13.9 Å². The first-order valence-corrected chi connectivity index (χ1v) is 14.3. The molecule has 2 amide bonds. The zero-order valence-electron chi connectivity index (χ0n) is 21.2. The Morgan fingerprint density at radius 3 is 2.14 bits per heavy atom. The predicted molar refractivity (Wildman–Crippen MR) is 139 cm³/mol. The molecular formula is C27H36FN3O4S. The van der Waals surface area contributed by atoms with E-state index in [0.717, 1.165) is 54.6 Å². The average Bonchev–Trinajstić information content (AvgIpc) is 2.86. The van der Waals surface area contributed by atoms with Crippen molar-refractivity contribution in [2.45, 2.75) is 71.0 Å². The predicted octanol–water partition coefficient (Wildman–Crippen LogP) is 4.02. The molecule has 196 valence electrons. The average molecular weight is 518 g/mol. The third-order valence-corrected chi connectivity index (χ3v) is 7.84. The Balaban J connectivity index is 1.85. The molecule has 1 atom stereocenters. The van der Waals surface area contributed by atoms with Gasteiger partial charge in [-0.25, -0.2) is 12.8 Å². The molecular weight excluding hydrogens is 481 g/mol. The van der Waals surface area contributed by atoms with E-state index >= 15 is 0 Å². The Kier molecular flexibility index (Phi) is 9.48. The number of benzene rings is 2. The van der Waals surface area contributed by atoms with Crippen LogP contribution in [0, 0.1) is 5.82 Å². The topological polar surface area (TPSA) is 86.8 Å². The van der Waals surface area contributed by atoms with E-state index in [1.165, 1.54) is 17.0 Å². The molecule has 1 N–H and O–H groups in total. The zero-order chi connectivity index (χ0) is 26.3. The highest BCUT2D eigenvalue weighted by molar-refractivity contribution is 7.92. The Bertz CT molecular complexity index is 1130. The highest BCUT2D eigenvalue weighted by atomic mass is 32.2. The fourth-order valence-electron chi connectivity index (χ4n) is 4.45. The minimum Gasteiger partial charge on any atom is -0.352 e. The van der Waals surface area contributed by atoms with Crippen molar-refractivity contribution in [1.82, 2.24) is 10.2 Å². The lowest BCUT2D eigenvalue weighted by Gasteiger charge is -2.33. The number of anilines is 1. The van der Waals surface area contributed by atoms with E-state index in [0.29, 0.717) is 11.3 Å². The van der Waals surface area contributed by atoms with E-state index in [-0.39, 0.29) is 18.5 Å². The number of nitrogens with one attached hydrogen (secondary N) is 1. The normalized spacial score (nSPS) is 15.2. The summed E-state index contributed by atoms with van der Waals surface area (Å²) in [5, 5.41) is 3.05. The van der Waals surface area contributed by atoms with Gasteiger partial charge in [0.2, 0.25) is 21.8 Å². The van der Waals surface area contributed by atoms with Crippen molar-refractivity contribution in [2.24, 2.45) is 0 Å². The van der Waals surface area contributed by atoms with Crippen LogP contribution in [0.25, 0.3) is 0 Å². The van der Waals surface area contributed by atoms with Gasteiger partial charge >= 0.3 is 0 Å². The number of carbonyl (C=O) groups is 2. The molecule has 1 aliphatic rings. The van der Waals surface area contributed by atoms with Crippen LogP contribution < -0.4 is 9.62 Å². The Morgan fingerprint density at radius 2 is 1.58 bits per heavy atom. The number of hydrogen-bond donors (Lipinski definition) is 1. The fraction of sp³-hybridized carbons (Fsp3) is 0.481. The first-order chi connectivity index (χ1) is 17.1. The highest BCUT2D eigenvalue weighted by Gasteiger charge is 2.31. The summed E-state index contributed by atoms with van der Waals surface area (Å²) in [7, 11) is -3.78. The van der Waals surface area contributed by atoms with Crippen LogP contribution in [0.1, 0.15) is 57.1 Å². The molecule has 0 aromatic heterocycles. The molecule has 0 radical (unpaired) electrons. The van der Waals surface area contributed by atoms with Gasteiger partial charge in [-0.1, -0.05) is 50.5 Å². The number of halogens is 1. The molecule has 3 rings (SSSR count). The van der Waals surface area contributed by atoms with E-state index in [9.17, 15) is 22.4 Å². The lowest BCUT2D eigenvalue weighted by molar-refractivity contribution is -0.139. The van der Waals surface area contributed by atoms with Crippen LogP contribution >= 0.6 is 0 Å². The van der Waals surface area contributed by atoms with Gasteiger partial charge in [-0.2, -0.15) is 0 Å². The summed E-state index contributed by atoms with van der Waals surface area (Å²) >= 11 is 0. The van der Waals surface area contributed by atoms with Crippen LogP contribution in [0.3, 0.4) is 0 Å². The summed E-state index contributed by atoms with van der Waals surface area (Å²) in [4.78, 5) is 28.1. The van der Waals surface area contributed by atoms with Gasteiger partial charge in [0.15, 0.2) is 0 Å². The molecule has 0 heterocycles. The van der Waals surface area contributed by atoms with Gasteiger partial charge < -0.3 is 10.2 Å². The Morgan fingerprint density at radius 1 is 1.00 bits per heavy atom. The smallest absolute Gasteiger partial charge is 0.244 e. The third kappa shape index (κ3) is 7.53. The van der Waals surface area contributed by atoms with Crippen LogP contribution in [0.5, 0.6) is 0 Å². The first-order valence-electron chi connectivity index (χ1n) is 12.5. The van der Waals surface area contributed by atoms with Gasteiger partial charge in [0.1, 0.15) is 18.4 Å². The van der Waals surface area contributed by atoms with Crippen LogP contribution in [-0.4, -0.2) is 50.0 Å². The number of aryl methyl sites for hydroxylation is 1. The second-order valence-electron chi connectivity index (χ2n) is 9.46. The van der Waals surface area contributed by atoms with Crippen molar-refractivity contribution in [3.05, 3.63) is 65.5 Å².